The molecule has 0 amide bonds. The van der Waals surface area contributed by atoms with E-state index in [1.54, 1.807) is 44.9 Å². The predicted molar refractivity (Wildman–Crippen MR) is 125 cm³/mol. The first-order valence-corrected chi connectivity index (χ1v) is 11.3. The number of carbonyl (C=O) groups is 1. The fourth-order valence-corrected chi connectivity index (χ4v) is 4.28. The van der Waals surface area contributed by atoms with Crippen molar-refractivity contribution < 1.29 is 27.4 Å². The Kier molecular flexibility index (Phi) is 7.04. The van der Waals surface area contributed by atoms with Gasteiger partial charge in [0.25, 0.3) is 0 Å². The van der Waals surface area contributed by atoms with Crippen LogP contribution in [0.4, 0.5) is 13.2 Å². The normalized spacial score (nSPS) is 17.3. The Morgan fingerprint density at radius 2 is 1.88 bits per heavy atom. The van der Waals surface area contributed by atoms with Crippen molar-refractivity contribution in [2.24, 2.45) is 12.5 Å². The van der Waals surface area contributed by atoms with E-state index in [0.717, 1.165) is 25.2 Å². The van der Waals surface area contributed by atoms with Crippen LogP contribution in [0.3, 0.4) is 0 Å². The number of hydrogen-bond acceptors (Lipinski definition) is 4. The molecule has 8 heteroatoms. The minimum atomic E-state index is -4.69. The first-order chi connectivity index (χ1) is 15.6. The van der Waals surface area contributed by atoms with E-state index in [9.17, 15) is 18.0 Å². The van der Waals surface area contributed by atoms with Crippen LogP contribution in [0, 0.1) is 5.41 Å². The van der Waals surface area contributed by atoms with Gasteiger partial charge in [0.05, 0.1) is 24.5 Å². The zero-order chi connectivity index (χ0) is 25.5. The van der Waals surface area contributed by atoms with E-state index in [-0.39, 0.29) is 11.0 Å². The van der Waals surface area contributed by atoms with E-state index in [4.69, 9.17) is 9.47 Å². The summed E-state index contributed by atoms with van der Waals surface area (Å²) in [5.41, 5.74) is 0.423. The third-order valence-corrected chi connectivity index (χ3v) is 6.01. The molecule has 1 aromatic heterocycles. The van der Waals surface area contributed by atoms with Gasteiger partial charge in [0, 0.05) is 24.4 Å². The van der Waals surface area contributed by atoms with E-state index in [1.165, 1.54) is 6.07 Å². The number of aromatic nitrogens is 2. The molecule has 1 aliphatic carbocycles. The van der Waals surface area contributed by atoms with Crippen LogP contribution < -0.4 is 0 Å². The Balaban J connectivity index is 2.42. The minimum Gasteiger partial charge on any atom is -0.467 e. The zero-order valence-electron chi connectivity index (χ0n) is 20.8. The molecule has 2 aromatic rings. The first kappa shape index (κ1) is 26.0. The van der Waals surface area contributed by atoms with Crippen molar-refractivity contribution >= 4 is 11.5 Å². The van der Waals surface area contributed by atoms with Crippen LogP contribution in [-0.2, 0) is 27.5 Å². The largest absolute Gasteiger partial charge is 0.467 e. The van der Waals surface area contributed by atoms with Crippen molar-refractivity contribution in [3.05, 3.63) is 47.3 Å². The van der Waals surface area contributed by atoms with Crippen molar-refractivity contribution in [2.75, 3.05) is 7.11 Å². The molecule has 0 saturated carbocycles. The van der Waals surface area contributed by atoms with Gasteiger partial charge in [-0.15, -0.1) is 0 Å². The summed E-state index contributed by atoms with van der Waals surface area (Å²) in [5.74, 6) is -0.873. The number of rotatable bonds is 5. The Labute approximate surface area is 198 Å². The number of halogens is 3. The fourth-order valence-electron chi connectivity index (χ4n) is 4.28. The van der Waals surface area contributed by atoms with Crippen LogP contribution in [0.2, 0.25) is 0 Å². The topological polar surface area (TPSA) is 53.4 Å². The van der Waals surface area contributed by atoms with Gasteiger partial charge in [-0.2, -0.15) is 18.3 Å². The van der Waals surface area contributed by atoms with Crippen LogP contribution >= 0.6 is 0 Å². The highest BCUT2D eigenvalue weighted by atomic mass is 19.4. The van der Waals surface area contributed by atoms with E-state index in [2.05, 4.69) is 18.9 Å². The van der Waals surface area contributed by atoms with Gasteiger partial charge in [0.1, 0.15) is 0 Å². The number of esters is 1. The number of allylic oxidation sites excluding steroid dienone is 2. The van der Waals surface area contributed by atoms with Crippen LogP contribution in [-0.4, -0.2) is 28.5 Å². The van der Waals surface area contributed by atoms with Crippen LogP contribution in [0.1, 0.15) is 76.7 Å². The molecular weight excluding hydrogens is 445 g/mol. The monoisotopic (exact) mass is 478 g/mol. The van der Waals surface area contributed by atoms with Gasteiger partial charge >= 0.3 is 12.1 Å². The smallest absolute Gasteiger partial charge is 0.416 e. The van der Waals surface area contributed by atoms with Gasteiger partial charge < -0.3 is 9.47 Å². The highest BCUT2D eigenvalue weighted by molar-refractivity contribution is 5.88. The molecule has 1 unspecified atom stereocenters. The second-order valence-corrected chi connectivity index (χ2v) is 10.6. The van der Waals surface area contributed by atoms with Gasteiger partial charge in [-0.1, -0.05) is 26.0 Å². The molecule has 1 aliphatic rings. The van der Waals surface area contributed by atoms with Crippen molar-refractivity contribution in [3.63, 3.8) is 0 Å². The number of benzene rings is 1. The number of alkyl halides is 3. The summed E-state index contributed by atoms with van der Waals surface area (Å²) in [5, 5.41) is 4.21. The number of carbonyl (C=O) groups excluding carboxylic acids is 1. The molecule has 1 heterocycles. The molecule has 34 heavy (non-hydrogen) atoms. The third kappa shape index (κ3) is 5.71. The predicted octanol–water partition coefficient (Wildman–Crippen LogP) is 6.73. The zero-order valence-corrected chi connectivity index (χ0v) is 20.8. The lowest BCUT2D eigenvalue weighted by Crippen LogP contribution is -2.31. The lowest BCUT2D eigenvalue weighted by atomic mass is 9.74. The summed E-state index contributed by atoms with van der Waals surface area (Å²) in [6.45, 7) is 9.36. The molecule has 0 bridgehead atoms. The van der Waals surface area contributed by atoms with E-state index >= 15 is 0 Å². The number of nitrogens with zero attached hydrogens (tertiary/aromatic N) is 2. The Hall–Kier alpha value is -2.61. The van der Waals surface area contributed by atoms with Crippen LogP contribution in [0.25, 0.3) is 16.7 Å². The average Bonchev–Trinajstić information content (AvgIpc) is 3.15. The standard InChI is InChI=1S/C26H33F3N2O3/c1-24(2,3)34-22(23(32)33-7)21-19(26(27,28)29)9-8-18(17-14-30-31(6)15-17)20(21)16-10-12-25(4,5)13-11-16/h8-10,14-15,22H,11-13H2,1-7H3. The quantitative estimate of drug-likeness (QED) is 0.447. The minimum absolute atomic E-state index is 0.0451. The summed E-state index contributed by atoms with van der Waals surface area (Å²) in [6, 6.07) is 2.49. The molecule has 3 rings (SSSR count). The summed E-state index contributed by atoms with van der Waals surface area (Å²) in [7, 11) is 2.90. The highest BCUT2D eigenvalue weighted by Gasteiger charge is 2.42. The van der Waals surface area contributed by atoms with Crippen molar-refractivity contribution in [1.82, 2.24) is 9.78 Å². The maximum absolute atomic E-state index is 14.4. The second kappa shape index (κ2) is 9.21. The molecule has 0 aliphatic heterocycles. The summed E-state index contributed by atoms with van der Waals surface area (Å²) in [6.07, 6.45) is 1.22. The molecule has 1 aromatic carbocycles. The van der Waals surface area contributed by atoms with E-state index in [0.29, 0.717) is 29.5 Å². The summed E-state index contributed by atoms with van der Waals surface area (Å²) >= 11 is 0. The molecule has 0 radical (unpaired) electrons. The van der Waals surface area contributed by atoms with Crippen LogP contribution in [0.5, 0.6) is 0 Å². The Morgan fingerprint density at radius 1 is 1.21 bits per heavy atom. The maximum Gasteiger partial charge on any atom is 0.416 e. The molecule has 1 atom stereocenters. The van der Waals surface area contributed by atoms with Gasteiger partial charge in [0.15, 0.2) is 6.10 Å². The number of aryl methyl sites for hydroxylation is 1. The molecule has 0 fully saturated rings. The van der Waals surface area contributed by atoms with E-state index < -0.39 is 29.4 Å². The lowest BCUT2D eigenvalue weighted by molar-refractivity contribution is -0.166. The first-order valence-electron chi connectivity index (χ1n) is 11.3. The molecule has 0 saturated heterocycles. The van der Waals surface area contributed by atoms with Crippen LogP contribution in [0.15, 0.2) is 30.6 Å². The highest BCUT2D eigenvalue weighted by Crippen LogP contribution is 2.48. The summed E-state index contributed by atoms with van der Waals surface area (Å²) in [4.78, 5) is 12.9. The fraction of sp³-hybridized carbons (Fsp3) is 0.538. The van der Waals surface area contributed by atoms with Crippen molar-refractivity contribution in [3.8, 4) is 11.1 Å². The van der Waals surface area contributed by atoms with Crippen molar-refractivity contribution in [2.45, 2.75) is 71.8 Å². The third-order valence-electron chi connectivity index (χ3n) is 6.01. The molecule has 186 valence electrons. The lowest BCUT2D eigenvalue weighted by Gasteiger charge is -2.33. The van der Waals surface area contributed by atoms with Gasteiger partial charge in [0.2, 0.25) is 0 Å². The van der Waals surface area contributed by atoms with Gasteiger partial charge in [-0.25, -0.2) is 4.79 Å². The summed E-state index contributed by atoms with van der Waals surface area (Å²) < 4.78 is 55.6. The Bertz CT molecular complexity index is 1090. The second-order valence-electron chi connectivity index (χ2n) is 10.6. The van der Waals surface area contributed by atoms with Crippen molar-refractivity contribution in [1.29, 1.82) is 0 Å². The average molecular weight is 479 g/mol. The number of methoxy groups -OCH3 is 1. The molecule has 5 nitrogen and oxygen atoms in total. The number of ether oxygens (including phenoxy) is 2. The molecular formula is C26H33F3N2O3. The van der Waals surface area contributed by atoms with Gasteiger partial charge in [-0.3, -0.25) is 4.68 Å². The Morgan fingerprint density at radius 3 is 2.35 bits per heavy atom. The SMILES string of the molecule is COC(=O)C(OC(C)(C)C)c1c(C(F)(F)F)ccc(-c2cnn(C)c2)c1C1=CCC(C)(C)CC1. The maximum atomic E-state index is 14.4. The van der Waals surface area contributed by atoms with Gasteiger partial charge in [-0.05, 0) is 68.2 Å². The molecule has 0 N–H and O–H groups in total. The number of hydrogen-bond donors (Lipinski definition) is 0. The molecule has 0 spiro atoms. The van der Waals surface area contributed by atoms with E-state index in [1.807, 2.05) is 6.08 Å².